The summed E-state index contributed by atoms with van der Waals surface area (Å²) in [6.07, 6.45) is 3.53. The van der Waals surface area contributed by atoms with Crippen LogP contribution in [0, 0.1) is 33.8 Å². The van der Waals surface area contributed by atoms with Crippen LogP contribution in [0.3, 0.4) is 0 Å². The van der Waals surface area contributed by atoms with Gasteiger partial charge < -0.3 is 20.6 Å². The van der Waals surface area contributed by atoms with Gasteiger partial charge in [-0.2, -0.15) is 0 Å². The van der Waals surface area contributed by atoms with Crippen molar-refractivity contribution in [3.63, 3.8) is 0 Å². The van der Waals surface area contributed by atoms with Crippen molar-refractivity contribution in [2.45, 2.75) is 12.8 Å². The number of rotatable bonds is 7. The van der Waals surface area contributed by atoms with Crippen LogP contribution in [0.5, 0.6) is 11.5 Å². The highest BCUT2D eigenvalue weighted by atomic mass is 19.1. The van der Waals surface area contributed by atoms with Crippen molar-refractivity contribution in [2.24, 2.45) is 5.18 Å². The first-order valence-electron chi connectivity index (χ1n) is 8.50. The molecule has 0 atom stereocenters. The predicted molar refractivity (Wildman–Crippen MR) is 108 cm³/mol. The number of halogens is 2. The molecule has 0 saturated heterocycles. The quantitative estimate of drug-likeness (QED) is 0.309. The summed E-state index contributed by atoms with van der Waals surface area (Å²) >= 11 is 0. The van der Waals surface area contributed by atoms with Crippen LogP contribution in [0.2, 0.25) is 0 Å². The second-order valence-corrected chi connectivity index (χ2v) is 5.82. The molecule has 0 fully saturated rings. The maximum Gasteiger partial charge on any atom is 0.183 e. The zero-order valence-electron chi connectivity index (χ0n) is 15.9. The van der Waals surface area contributed by atoms with Crippen molar-refractivity contribution < 1.29 is 18.3 Å². The summed E-state index contributed by atoms with van der Waals surface area (Å²) in [6.45, 7) is 0. The Morgan fingerprint density at radius 2 is 1.90 bits per heavy atom. The molecule has 0 aliphatic heterocycles. The van der Waals surface area contributed by atoms with Gasteiger partial charge in [0.2, 0.25) is 0 Å². The Morgan fingerprint density at radius 3 is 2.45 bits per heavy atom. The molecule has 0 saturated carbocycles. The number of benzene rings is 2. The Bertz CT molecular complexity index is 996. The average Bonchev–Trinajstić information content (AvgIpc) is 2.73. The molecule has 2 aromatic rings. The number of aryl methyl sites for hydroxylation is 1. The first kappa shape index (κ1) is 21.6. The number of allylic oxidation sites excluding steroid dienone is 2. The van der Waals surface area contributed by atoms with Crippen molar-refractivity contribution in [3.8, 4) is 23.3 Å². The standard InChI is InChI=1S/C21H19F2N3O3/c1-28-17-11-18(29-2)20(23)15(19(17)22)10-9-13(12-24)5-3-6-14-7-4-8-16(26-27)21(14)25/h4-5,7-8,11-12,24H,3,6,25H2,1-2H3/b13-5-,24-12?. The fourth-order valence-corrected chi connectivity index (χ4v) is 2.56. The maximum atomic E-state index is 14.3. The number of hydrogen-bond acceptors (Lipinski definition) is 6. The van der Waals surface area contributed by atoms with E-state index in [2.05, 4.69) is 17.0 Å². The molecule has 2 rings (SSSR count). The van der Waals surface area contributed by atoms with E-state index in [9.17, 15) is 13.7 Å². The van der Waals surface area contributed by atoms with Gasteiger partial charge in [-0.1, -0.05) is 30.0 Å². The van der Waals surface area contributed by atoms with E-state index in [-0.39, 0.29) is 22.8 Å². The highest BCUT2D eigenvalue weighted by Gasteiger charge is 2.18. The van der Waals surface area contributed by atoms with Crippen LogP contribution in [0.15, 0.2) is 41.1 Å². The molecule has 150 valence electrons. The molecular formula is C21H19F2N3O3. The number of nitrogens with zero attached hydrogens (tertiary/aromatic N) is 1. The van der Waals surface area contributed by atoms with Crippen molar-refractivity contribution in [3.05, 3.63) is 63.6 Å². The lowest BCUT2D eigenvalue weighted by Crippen LogP contribution is -1.99. The van der Waals surface area contributed by atoms with E-state index in [1.807, 2.05) is 0 Å². The topological polar surface area (TPSA) is 97.8 Å². The second kappa shape index (κ2) is 9.99. The SMILES string of the molecule is COc1cc(OC)c(F)c(C#C/C(C=N)=C/CCc2cccc(N=O)c2N)c1F. The van der Waals surface area contributed by atoms with Gasteiger partial charge in [0.15, 0.2) is 23.1 Å². The molecule has 0 bridgehead atoms. The molecule has 0 spiro atoms. The zero-order chi connectivity index (χ0) is 21.4. The summed E-state index contributed by atoms with van der Waals surface area (Å²) in [5, 5.41) is 10.3. The molecule has 0 aromatic heterocycles. The van der Waals surface area contributed by atoms with E-state index >= 15 is 0 Å². The van der Waals surface area contributed by atoms with Gasteiger partial charge in [-0.3, -0.25) is 0 Å². The lowest BCUT2D eigenvalue weighted by Gasteiger charge is -2.08. The molecule has 8 heteroatoms. The molecule has 0 unspecified atom stereocenters. The van der Waals surface area contributed by atoms with Gasteiger partial charge in [-0.15, -0.1) is 4.91 Å². The van der Waals surface area contributed by atoms with Gasteiger partial charge in [0.05, 0.1) is 19.9 Å². The lowest BCUT2D eigenvalue weighted by molar-refractivity contribution is 0.357. The van der Waals surface area contributed by atoms with Gasteiger partial charge in [0.25, 0.3) is 0 Å². The number of nitrogen functional groups attached to an aromatic ring is 1. The molecule has 2 aromatic carbocycles. The number of ether oxygens (including phenoxy) is 2. The van der Waals surface area contributed by atoms with Crippen LogP contribution in [-0.2, 0) is 6.42 Å². The van der Waals surface area contributed by atoms with Crippen LogP contribution in [0.1, 0.15) is 17.5 Å². The third-order valence-corrected chi connectivity index (χ3v) is 4.11. The van der Waals surface area contributed by atoms with E-state index in [1.54, 1.807) is 18.2 Å². The maximum absolute atomic E-state index is 14.3. The lowest BCUT2D eigenvalue weighted by atomic mass is 10.0. The van der Waals surface area contributed by atoms with Crippen LogP contribution in [0.4, 0.5) is 20.2 Å². The Hall–Kier alpha value is -3.73. The van der Waals surface area contributed by atoms with Gasteiger partial charge in [0.1, 0.15) is 11.3 Å². The first-order chi connectivity index (χ1) is 14.0. The largest absolute Gasteiger partial charge is 0.493 e. The highest BCUT2D eigenvalue weighted by molar-refractivity contribution is 5.82. The molecule has 0 heterocycles. The minimum absolute atomic E-state index is 0.163. The summed E-state index contributed by atoms with van der Waals surface area (Å²) < 4.78 is 38.4. The van der Waals surface area contributed by atoms with E-state index < -0.39 is 17.2 Å². The number of hydrogen-bond donors (Lipinski definition) is 2. The molecule has 0 aliphatic carbocycles. The van der Waals surface area contributed by atoms with Gasteiger partial charge >= 0.3 is 0 Å². The number of nitrogens with one attached hydrogen (secondary N) is 1. The molecular weight excluding hydrogens is 380 g/mol. The fraction of sp³-hybridized carbons (Fsp3) is 0.190. The highest BCUT2D eigenvalue weighted by Crippen LogP contribution is 2.30. The molecule has 6 nitrogen and oxygen atoms in total. The molecule has 0 amide bonds. The number of anilines is 1. The predicted octanol–water partition coefficient (Wildman–Crippen LogP) is 4.52. The third kappa shape index (κ3) is 4.96. The summed E-state index contributed by atoms with van der Waals surface area (Å²) in [5.74, 6) is 2.67. The van der Waals surface area contributed by atoms with E-state index in [0.717, 1.165) is 17.8 Å². The number of para-hydroxylation sites is 1. The van der Waals surface area contributed by atoms with Crippen molar-refractivity contribution in [1.29, 1.82) is 5.41 Å². The monoisotopic (exact) mass is 399 g/mol. The minimum Gasteiger partial charge on any atom is -0.493 e. The van der Waals surface area contributed by atoms with E-state index in [4.69, 9.17) is 20.6 Å². The number of nitroso groups, excluding NO2 is 1. The second-order valence-electron chi connectivity index (χ2n) is 5.82. The Balaban J connectivity index is 2.27. The Labute approximate surface area is 166 Å². The van der Waals surface area contributed by atoms with Crippen LogP contribution in [-0.4, -0.2) is 20.4 Å². The van der Waals surface area contributed by atoms with Gasteiger partial charge in [0, 0.05) is 17.9 Å². The Morgan fingerprint density at radius 1 is 1.24 bits per heavy atom. The Kier molecular flexibility index (Phi) is 7.43. The van der Waals surface area contributed by atoms with Crippen molar-refractivity contribution in [1.82, 2.24) is 0 Å². The third-order valence-electron chi connectivity index (χ3n) is 4.11. The van der Waals surface area contributed by atoms with Gasteiger partial charge in [-0.25, -0.2) is 8.78 Å². The van der Waals surface area contributed by atoms with E-state index in [1.165, 1.54) is 20.3 Å². The molecule has 0 radical (unpaired) electrons. The smallest absolute Gasteiger partial charge is 0.183 e. The van der Waals surface area contributed by atoms with Crippen LogP contribution < -0.4 is 15.2 Å². The normalized spacial score (nSPS) is 10.7. The van der Waals surface area contributed by atoms with Crippen LogP contribution in [0.25, 0.3) is 0 Å². The van der Waals surface area contributed by atoms with Crippen molar-refractivity contribution >= 4 is 17.6 Å². The van der Waals surface area contributed by atoms with Crippen molar-refractivity contribution in [2.75, 3.05) is 20.0 Å². The van der Waals surface area contributed by atoms with E-state index in [0.29, 0.717) is 18.5 Å². The molecule has 3 N–H and O–H groups in total. The molecule has 0 aliphatic rings. The number of methoxy groups -OCH3 is 2. The zero-order valence-corrected chi connectivity index (χ0v) is 15.9. The summed E-state index contributed by atoms with van der Waals surface area (Å²) in [6, 6.07) is 6.05. The fourth-order valence-electron chi connectivity index (χ4n) is 2.56. The minimum atomic E-state index is -0.950. The van der Waals surface area contributed by atoms with Gasteiger partial charge in [-0.05, 0) is 29.6 Å². The summed E-state index contributed by atoms with van der Waals surface area (Å²) in [7, 11) is 2.49. The molecule has 29 heavy (non-hydrogen) atoms. The summed E-state index contributed by atoms with van der Waals surface area (Å²) in [4.78, 5) is 10.7. The summed E-state index contributed by atoms with van der Waals surface area (Å²) in [5.41, 5.74) is 6.81. The first-order valence-corrected chi connectivity index (χ1v) is 8.50. The number of nitrogens with two attached hydrogens (primary N) is 1. The van der Waals surface area contributed by atoms with Crippen LogP contribution >= 0.6 is 0 Å². The average molecular weight is 399 g/mol.